The molecule has 110 valence electrons. The first kappa shape index (κ1) is 15.1. The number of rotatable bonds is 5. The highest BCUT2D eigenvalue weighted by molar-refractivity contribution is 5.98. The predicted octanol–water partition coefficient (Wildman–Crippen LogP) is 4.73. The molecule has 0 spiro atoms. The van der Waals surface area contributed by atoms with Crippen LogP contribution >= 0.6 is 0 Å². The molecule has 0 aromatic heterocycles. The maximum absolute atomic E-state index is 12.6. The second-order valence-electron chi connectivity index (χ2n) is 6.21. The Kier molecular flexibility index (Phi) is 5.22. The summed E-state index contributed by atoms with van der Waals surface area (Å²) in [4.78, 5) is 12.6. The Morgan fingerprint density at radius 2 is 2.05 bits per heavy atom. The van der Waals surface area contributed by atoms with E-state index >= 15 is 0 Å². The molecule has 0 aliphatic heterocycles. The molecule has 1 aliphatic rings. The minimum absolute atomic E-state index is 0.197. The van der Waals surface area contributed by atoms with Crippen LogP contribution in [0, 0.1) is 17.8 Å². The van der Waals surface area contributed by atoms with E-state index in [1.54, 1.807) is 0 Å². The lowest BCUT2D eigenvalue weighted by molar-refractivity contribution is 0.0837. The lowest BCUT2D eigenvalue weighted by atomic mass is 9.73. The van der Waals surface area contributed by atoms with Gasteiger partial charge in [0.2, 0.25) is 0 Å². The minimum atomic E-state index is 0.197. The third kappa shape index (κ3) is 3.62. The van der Waals surface area contributed by atoms with Crippen LogP contribution in [0.5, 0.6) is 5.75 Å². The summed E-state index contributed by atoms with van der Waals surface area (Å²) in [6.45, 7) is 7.35. The van der Waals surface area contributed by atoms with Crippen molar-refractivity contribution in [2.75, 3.05) is 6.61 Å². The number of benzene rings is 1. The first-order valence-electron chi connectivity index (χ1n) is 7.89. The van der Waals surface area contributed by atoms with Crippen LogP contribution in [-0.2, 0) is 0 Å². The van der Waals surface area contributed by atoms with Crippen LogP contribution in [0.15, 0.2) is 24.3 Å². The second kappa shape index (κ2) is 6.92. The monoisotopic (exact) mass is 274 g/mol. The van der Waals surface area contributed by atoms with Crippen molar-refractivity contribution in [3.63, 3.8) is 0 Å². The number of carbonyl (C=O) groups is 1. The summed E-state index contributed by atoms with van der Waals surface area (Å²) in [6, 6.07) is 7.68. The van der Waals surface area contributed by atoms with Gasteiger partial charge in [0.05, 0.1) is 6.61 Å². The summed E-state index contributed by atoms with van der Waals surface area (Å²) >= 11 is 0. The van der Waals surface area contributed by atoms with Crippen molar-refractivity contribution >= 4 is 5.78 Å². The van der Waals surface area contributed by atoms with Gasteiger partial charge < -0.3 is 4.74 Å². The smallest absolute Gasteiger partial charge is 0.166 e. The van der Waals surface area contributed by atoms with Crippen molar-refractivity contribution in [3.8, 4) is 5.75 Å². The van der Waals surface area contributed by atoms with Crippen molar-refractivity contribution in [3.05, 3.63) is 29.8 Å². The average molecular weight is 274 g/mol. The van der Waals surface area contributed by atoms with Gasteiger partial charge in [0.25, 0.3) is 0 Å². The Bertz CT molecular complexity index is 452. The molecular weight excluding hydrogens is 248 g/mol. The van der Waals surface area contributed by atoms with Crippen LogP contribution in [0.25, 0.3) is 0 Å². The number of ketones is 1. The van der Waals surface area contributed by atoms with Gasteiger partial charge in [-0.2, -0.15) is 0 Å². The van der Waals surface area contributed by atoms with Crippen LogP contribution in [-0.4, -0.2) is 12.4 Å². The average Bonchev–Trinajstić information content (AvgIpc) is 2.47. The molecule has 2 heteroatoms. The maximum atomic E-state index is 12.6. The molecule has 3 unspecified atom stereocenters. The van der Waals surface area contributed by atoms with Gasteiger partial charge in [0, 0.05) is 11.5 Å². The van der Waals surface area contributed by atoms with Crippen LogP contribution in [0.3, 0.4) is 0 Å². The standard InChI is InChI=1S/C18H26O2/c1-4-10-20-17-7-5-6-15(12-17)18(19)16-9-8-13(2)14(3)11-16/h5-7,12-14,16H,4,8-11H2,1-3H3. The predicted molar refractivity (Wildman–Crippen MR) is 82.2 cm³/mol. The van der Waals surface area contributed by atoms with Gasteiger partial charge in [-0.25, -0.2) is 0 Å². The molecular formula is C18H26O2. The Hall–Kier alpha value is -1.31. The minimum Gasteiger partial charge on any atom is -0.494 e. The lowest BCUT2D eigenvalue weighted by Crippen LogP contribution is -2.26. The first-order chi connectivity index (χ1) is 9.61. The molecule has 0 radical (unpaired) electrons. The van der Waals surface area contributed by atoms with E-state index in [1.807, 2.05) is 24.3 Å². The highest BCUT2D eigenvalue weighted by atomic mass is 16.5. The zero-order valence-electron chi connectivity index (χ0n) is 12.9. The summed E-state index contributed by atoms with van der Waals surface area (Å²) in [5.74, 6) is 2.71. The van der Waals surface area contributed by atoms with Gasteiger partial charge in [-0.1, -0.05) is 32.9 Å². The van der Waals surface area contributed by atoms with Gasteiger partial charge in [-0.05, 0) is 49.7 Å². The maximum Gasteiger partial charge on any atom is 0.166 e. The molecule has 0 N–H and O–H groups in total. The summed E-state index contributed by atoms with van der Waals surface area (Å²) in [5, 5.41) is 0. The third-order valence-corrected chi connectivity index (χ3v) is 4.56. The fraction of sp³-hybridized carbons (Fsp3) is 0.611. The van der Waals surface area contributed by atoms with Crippen LogP contribution in [0.1, 0.15) is 56.8 Å². The van der Waals surface area contributed by atoms with E-state index < -0.39 is 0 Å². The fourth-order valence-corrected chi connectivity index (χ4v) is 2.98. The van der Waals surface area contributed by atoms with E-state index in [2.05, 4.69) is 20.8 Å². The van der Waals surface area contributed by atoms with Gasteiger partial charge in [0.15, 0.2) is 5.78 Å². The van der Waals surface area contributed by atoms with E-state index in [4.69, 9.17) is 4.74 Å². The first-order valence-corrected chi connectivity index (χ1v) is 7.89. The molecule has 3 atom stereocenters. The number of ether oxygens (including phenoxy) is 1. The number of hydrogen-bond acceptors (Lipinski definition) is 2. The highest BCUT2D eigenvalue weighted by Gasteiger charge is 2.29. The van der Waals surface area contributed by atoms with Crippen molar-refractivity contribution in [2.45, 2.75) is 46.5 Å². The molecule has 2 nitrogen and oxygen atoms in total. The second-order valence-corrected chi connectivity index (χ2v) is 6.21. The highest BCUT2D eigenvalue weighted by Crippen LogP contribution is 2.35. The van der Waals surface area contributed by atoms with E-state index in [0.717, 1.165) is 36.5 Å². The third-order valence-electron chi connectivity index (χ3n) is 4.56. The van der Waals surface area contributed by atoms with Gasteiger partial charge in [-0.15, -0.1) is 0 Å². The van der Waals surface area contributed by atoms with Crippen LogP contribution in [0.2, 0.25) is 0 Å². The largest absolute Gasteiger partial charge is 0.494 e. The lowest BCUT2D eigenvalue weighted by Gasteiger charge is -2.31. The summed E-state index contributed by atoms with van der Waals surface area (Å²) < 4.78 is 5.62. The Balaban J connectivity index is 2.05. The molecule has 20 heavy (non-hydrogen) atoms. The normalized spacial score (nSPS) is 26.2. The van der Waals surface area contributed by atoms with E-state index in [9.17, 15) is 4.79 Å². The zero-order chi connectivity index (χ0) is 14.5. The molecule has 1 aliphatic carbocycles. The van der Waals surface area contributed by atoms with E-state index in [0.29, 0.717) is 18.3 Å². The van der Waals surface area contributed by atoms with Crippen molar-refractivity contribution < 1.29 is 9.53 Å². The molecule has 0 bridgehead atoms. The fourth-order valence-electron chi connectivity index (χ4n) is 2.98. The van der Waals surface area contributed by atoms with Crippen LogP contribution < -0.4 is 4.74 Å². The summed E-state index contributed by atoms with van der Waals surface area (Å²) in [5.41, 5.74) is 0.811. The number of carbonyl (C=O) groups excluding carboxylic acids is 1. The Labute approximate surface area is 122 Å². The van der Waals surface area contributed by atoms with Gasteiger partial charge in [-0.3, -0.25) is 4.79 Å². The summed E-state index contributed by atoms with van der Waals surface area (Å²) in [7, 11) is 0. The summed E-state index contributed by atoms with van der Waals surface area (Å²) in [6.07, 6.45) is 4.21. The molecule has 1 saturated carbocycles. The van der Waals surface area contributed by atoms with Crippen molar-refractivity contribution in [1.29, 1.82) is 0 Å². The van der Waals surface area contributed by atoms with E-state index in [-0.39, 0.29) is 5.92 Å². The SMILES string of the molecule is CCCOc1cccc(C(=O)C2CCC(C)C(C)C2)c1. The topological polar surface area (TPSA) is 26.3 Å². The van der Waals surface area contributed by atoms with Crippen molar-refractivity contribution in [1.82, 2.24) is 0 Å². The van der Waals surface area contributed by atoms with Crippen LogP contribution in [0.4, 0.5) is 0 Å². The molecule has 0 heterocycles. The number of hydrogen-bond donors (Lipinski definition) is 0. The molecule has 0 saturated heterocycles. The zero-order valence-corrected chi connectivity index (χ0v) is 12.9. The Morgan fingerprint density at radius 3 is 2.75 bits per heavy atom. The van der Waals surface area contributed by atoms with E-state index in [1.165, 1.54) is 6.42 Å². The van der Waals surface area contributed by atoms with Gasteiger partial charge in [0.1, 0.15) is 5.75 Å². The van der Waals surface area contributed by atoms with Gasteiger partial charge >= 0.3 is 0 Å². The molecule has 1 fully saturated rings. The molecule has 2 rings (SSSR count). The quantitative estimate of drug-likeness (QED) is 0.725. The Morgan fingerprint density at radius 1 is 1.25 bits per heavy atom. The molecule has 1 aromatic carbocycles. The molecule has 0 amide bonds. The number of Topliss-reactive ketones (excluding diaryl/α,β-unsaturated/α-hetero) is 1. The van der Waals surface area contributed by atoms with Crippen molar-refractivity contribution in [2.24, 2.45) is 17.8 Å². The molecule has 1 aromatic rings.